The molecule has 248 valence electrons. The first kappa shape index (κ1) is 34.3. The molecule has 0 saturated carbocycles. The number of pyridine rings is 1. The predicted molar refractivity (Wildman–Crippen MR) is 195 cm³/mol. The number of ketones is 2. The van der Waals surface area contributed by atoms with E-state index in [0.717, 1.165) is 56.8 Å². The van der Waals surface area contributed by atoms with Gasteiger partial charge in [-0.3, -0.25) is 14.4 Å². The summed E-state index contributed by atoms with van der Waals surface area (Å²) in [5.41, 5.74) is 13.1. The van der Waals surface area contributed by atoms with E-state index in [2.05, 4.69) is 24.3 Å². The molecule has 7 heteroatoms. The molecular formula is C43H36ClN3O3. The summed E-state index contributed by atoms with van der Waals surface area (Å²) >= 11 is 6.37. The van der Waals surface area contributed by atoms with Gasteiger partial charge in [0.15, 0.2) is 0 Å². The molecule has 0 spiro atoms. The van der Waals surface area contributed by atoms with E-state index >= 15 is 0 Å². The molecule has 7 rings (SSSR count). The minimum Gasteiger partial charge on any atom is -0.318 e. The number of Topliss-reactive ketones (excluding diaryl/α,β-unsaturated/α-hetero) is 2. The SMILES string of the molecule is Cc1cc(-c2ccc3c(c2Cc2cccc(C#N)c2)CCC(=O)C3)cn(C)c1=O.N#Cc1cccc(Cc2c(Cl)ccc3c2CCC(=O)C3)c1. The quantitative estimate of drug-likeness (QED) is 0.189. The van der Waals surface area contributed by atoms with Gasteiger partial charge in [0.2, 0.25) is 0 Å². The summed E-state index contributed by atoms with van der Waals surface area (Å²) in [4.78, 5) is 35.7. The van der Waals surface area contributed by atoms with E-state index in [1.165, 1.54) is 16.7 Å². The highest BCUT2D eigenvalue weighted by molar-refractivity contribution is 6.31. The summed E-state index contributed by atoms with van der Waals surface area (Å²) in [6, 6.07) is 29.5. The zero-order chi connectivity index (χ0) is 35.4. The number of aryl methyl sites for hydroxylation is 2. The lowest BCUT2D eigenvalue weighted by atomic mass is 9.82. The van der Waals surface area contributed by atoms with Gasteiger partial charge in [0.1, 0.15) is 11.6 Å². The lowest BCUT2D eigenvalue weighted by Gasteiger charge is -2.23. The van der Waals surface area contributed by atoms with Crippen molar-refractivity contribution in [3.8, 4) is 23.3 Å². The zero-order valence-corrected chi connectivity index (χ0v) is 28.9. The molecule has 0 atom stereocenters. The number of benzene rings is 4. The van der Waals surface area contributed by atoms with Crippen LogP contribution in [0.2, 0.25) is 5.02 Å². The fourth-order valence-corrected chi connectivity index (χ4v) is 7.38. The predicted octanol–water partition coefficient (Wildman–Crippen LogP) is 7.74. The number of hydrogen-bond acceptors (Lipinski definition) is 5. The summed E-state index contributed by atoms with van der Waals surface area (Å²) in [6.07, 6.45) is 6.91. The molecule has 0 aliphatic heterocycles. The number of aromatic nitrogens is 1. The Morgan fingerprint density at radius 2 is 1.24 bits per heavy atom. The molecule has 0 saturated heterocycles. The first-order valence-electron chi connectivity index (χ1n) is 16.8. The van der Waals surface area contributed by atoms with E-state index in [4.69, 9.17) is 16.9 Å². The minimum absolute atomic E-state index is 0.000535. The normalized spacial score (nSPS) is 13.3. The van der Waals surface area contributed by atoms with E-state index in [1.54, 1.807) is 23.7 Å². The average Bonchev–Trinajstić information content (AvgIpc) is 3.12. The van der Waals surface area contributed by atoms with Crippen molar-refractivity contribution in [3.63, 3.8) is 0 Å². The number of fused-ring (bicyclic) bond motifs is 2. The van der Waals surface area contributed by atoms with Gasteiger partial charge in [-0.25, -0.2) is 0 Å². The molecule has 4 aromatic carbocycles. The lowest BCUT2D eigenvalue weighted by Crippen LogP contribution is -2.19. The minimum atomic E-state index is 0.000535. The van der Waals surface area contributed by atoms with Crippen molar-refractivity contribution in [2.24, 2.45) is 7.05 Å². The van der Waals surface area contributed by atoms with E-state index < -0.39 is 0 Å². The average molecular weight is 678 g/mol. The standard InChI is InChI=1S/C25H22N2O2.C18H14ClNO/c1-16-10-20(15-27(2)25(16)29)23-8-6-19-13-21(28)7-9-22(19)24(23)12-17-4-3-5-18(11-17)14-26;19-18-7-4-14-10-15(21)5-6-16(14)17(18)9-12-2-1-3-13(8-12)11-20/h3-6,8,10-11,15H,7,9,12-13H2,1-2H3;1-4,7-8H,5-6,9-10H2. The van der Waals surface area contributed by atoms with E-state index in [1.807, 2.05) is 67.7 Å². The Morgan fingerprint density at radius 1 is 0.700 bits per heavy atom. The number of carbonyl (C=O) groups excluding carboxylic acids is 2. The van der Waals surface area contributed by atoms with Crippen molar-refractivity contribution in [2.75, 3.05) is 0 Å². The Hall–Kier alpha value is -5.56. The molecule has 0 N–H and O–H groups in total. The molecule has 0 amide bonds. The summed E-state index contributed by atoms with van der Waals surface area (Å²) in [5.74, 6) is 0.572. The van der Waals surface area contributed by atoms with E-state index in [0.29, 0.717) is 61.0 Å². The van der Waals surface area contributed by atoms with E-state index in [9.17, 15) is 19.6 Å². The second-order valence-corrected chi connectivity index (χ2v) is 13.5. The van der Waals surface area contributed by atoms with Crippen LogP contribution in [-0.4, -0.2) is 16.1 Å². The Labute approximate surface area is 297 Å². The number of nitriles is 2. The van der Waals surface area contributed by atoms with Crippen molar-refractivity contribution >= 4 is 23.2 Å². The van der Waals surface area contributed by atoms with Crippen molar-refractivity contribution in [1.29, 1.82) is 10.5 Å². The highest BCUT2D eigenvalue weighted by Gasteiger charge is 2.23. The van der Waals surface area contributed by atoms with Gasteiger partial charge < -0.3 is 4.57 Å². The molecule has 50 heavy (non-hydrogen) atoms. The van der Waals surface area contributed by atoms with Gasteiger partial charge >= 0.3 is 0 Å². The Morgan fingerprint density at radius 3 is 1.80 bits per heavy atom. The zero-order valence-electron chi connectivity index (χ0n) is 28.2. The van der Waals surface area contributed by atoms with Crippen molar-refractivity contribution in [3.05, 3.63) is 162 Å². The maximum atomic E-state index is 12.2. The molecule has 5 aromatic rings. The fourth-order valence-electron chi connectivity index (χ4n) is 7.14. The number of nitrogens with zero attached hydrogens (tertiary/aromatic N) is 3. The second-order valence-electron chi connectivity index (χ2n) is 13.1. The van der Waals surface area contributed by atoms with Crippen molar-refractivity contribution in [1.82, 2.24) is 4.57 Å². The topological polar surface area (TPSA) is 104 Å². The number of hydrogen-bond donors (Lipinski definition) is 0. The monoisotopic (exact) mass is 677 g/mol. The van der Waals surface area contributed by atoms with Crippen LogP contribution in [-0.2, 0) is 55.2 Å². The molecule has 1 aromatic heterocycles. The third-order valence-corrected chi connectivity index (χ3v) is 9.98. The second kappa shape index (κ2) is 14.9. The number of rotatable bonds is 5. The van der Waals surface area contributed by atoms with Crippen molar-refractivity contribution in [2.45, 2.75) is 58.3 Å². The van der Waals surface area contributed by atoms with Gasteiger partial charge in [-0.2, -0.15) is 10.5 Å². The first-order chi connectivity index (χ1) is 24.1. The maximum Gasteiger partial charge on any atom is 0.253 e. The van der Waals surface area contributed by atoms with Crippen LogP contribution < -0.4 is 5.56 Å². The maximum absolute atomic E-state index is 12.2. The molecule has 2 aliphatic carbocycles. The van der Waals surface area contributed by atoms with Crippen LogP contribution in [0.25, 0.3) is 11.1 Å². The lowest BCUT2D eigenvalue weighted by molar-refractivity contribution is -0.119. The van der Waals surface area contributed by atoms with Crippen molar-refractivity contribution < 1.29 is 9.59 Å². The summed E-state index contributed by atoms with van der Waals surface area (Å²) < 4.78 is 1.62. The van der Waals surface area contributed by atoms with Crippen LogP contribution in [0.1, 0.15) is 74.0 Å². The highest BCUT2D eigenvalue weighted by atomic mass is 35.5. The van der Waals surface area contributed by atoms with Crippen LogP contribution in [0.5, 0.6) is 0 Å². The fraction of sp³-hybridized carbons (Fsp3) is 0.233. The van der Waals surface area contributed by atoms with E-state index in [-0.39, 0.29) is 11.3 Å². The van der Waals surface area contributed by atoms with Crippen LogP contribution >= 0.6 is 11.6 Å². The van der Waals surface area contributed by atoms with Gasteiger partial charge in [0.05, 0.1) is 23.3 Å². The number of halogens is 1. The molecule has 1 heterocycles. The van der Waals surface area contributed by atoms with Gasteiger partial charge in [-0.1, -0.05) is 54.1 Å². The van der Waals surface area contributed by atoms with Gasteiger partial charge in [-0.05, 0) is 125 Å². The molecule has 0 fully saturated rings. The molecule has 0 bridgehead atoms. The van der Waals surface area contributed by atoms with Gasteiger partial charge in [0.25, 0.3) is 5.56 Å². The summed E-state index contributed by atoms with van der Waals surface area (Å²) in [6.45, 7) is 1.83. The van der Waals surface area contributed by atoms with Crippen LogP contribution in [0.4, 0.5) is 0 Å². The highest BCUT2D eigenvalue weighted by Crippen LogP contribution is 2.34. The largest absolute Gasteiger partial charge is 0.318 e. The molecular weight excluding hydrogens is 642 g/mol. The Balaban J connectivity index is 0.000000182. The first-order valence-corrected chi connectivity index (χ1v) is 17.1. The van der Waals surface area contributed by atoms with Gasteiger partial charge in [0, 0.05) is 49.5 Å². The van der Waals surface area contributed by atoms with Gasteiger partial charge in [-0.15, -0.1) is 0 Å². The molecule has 0 unspecified atom stereocenters. The molecule has 6 nitrogen and oxygen atoms in total. The smallest absolute Gasteiger partial charge is 0.253 e. The summed E-state index contributed by atoms with van der Waals surface area (Å²) in [7, 11) is 1.77. The van der Waals surface area contributed by atoms with Crippen LogP contribution in [0, 0.1) is 29.6 Å². The third-order valence-electron chi connectivity index (χ3n) is 9.63. The van der Waals surface area contributed by atoms with Crippen LogP contribution in [0.15, 0.2) is 89.9 Å². The number of carbonyl (C=O) groups is 2. The Kier molecular flexibility index (Phi) is 10.2. The molecule has 2 aliphatic rings. The molecule has 0 radical (unpaired) electrons. The van der Waals surface area contributed by atoms with Crippen LogP contribution in [0.3, 0.4) is 0 Å². The summed E-state index contributed by atoms with van der Waals surface area (Å²) in [5, 5.41) is 19.0. The third kappa shape index (κ3) is 7.52. The Bertz CT molecular complexity index is 2280.